The largest absolute Gasteiger partial charge is 0.566 e. The van der Waals surface area contributed by atoms with E-state index < -0.39 is 8.25 Å². The molecule has 0 aromatic heterocycles. The standard InChI is InChI=1S/C16H29O5PS2/c1-3-5-7-9-15(17)23-13-14(11-12-21-22(19)20)24-16(18)10-8-6-4-2/h14H,3-13H2,1-2H3/t14-/m1/s1. The monoisotopic (exact) mass is 396 g/mol. The van der Waals surface area contributed by atoms with Crippen LogP contribution in [0.1, 0.15) is 71.6 Å². The summed E-state index contributed by atoms with van der Waals surface area (Å²) >= 11 is 2.47. The first-order valence-electron chi connectivity index (χ1n) is 8.62. The van der Waals surface area contributed by atoms with Gasteiger partial charge >= 0.3 is 8.25 Å². The molecule has 0 aliphatic rings. The molecule has 5 nitrogen and oxygen atoms in total. The highest BCUT2D eigenvalue weighted by atomic mass is 32.2. The zero-order valence-electron chi connectivity index (χ0n) is 14.7. The van der Waals surface area contributed by atoms with Crippen LogP contribution in [0.5, 0.6) is 0 Å². The lowest BCUT2D eigenvalue weighted by atomic mass is 10.2. The van der Waals surface area contributed by atoms with Crippen LogP contribution in [0.25, 0.3) is 0 Å². The molecule has 0 rings (SSSR count). The first-order chi connectivity index (χ1) is 11.5. The van der Waals surface area contributed by atoms with Crippen LogP contribution in [-0.2, 0) is 18.7 Å². The Morgan fingerprint density at radius 3 is 2.17 bits per heavy atom. The minimum atomic E-state index is -2.86. The van der Waals surface area contributed by atoms with Gasteiger partial charge in [0.25, 0.3) is 0 Å². The van der Waals surface area contributed by atoms with E-state index >= 15 is 0 Å². The molecule has 24 heavy (non-hydrogen) atoms. The first kappa shape index (κ1) is 24.1. The van der Waals surface area contributed by atoms with E-state index in [1.54, 1.807) is 0 Å². The van der Waals surface area contributed by atoms with Gasteiger partial charge in [-0.1, -0.05) is 63.1 Å². The number of unbranched alkanes of at least 4 members (excludes halogenated alkanes) is 4. The van der Waals surface area contributed by atoms with Crippen LogP contribution in [0.3, 0.4) is 0 Å². The van der Waals surface area contributed by atoms with Crippen LogP contribution in [0.15, 0.2) is 0 Å². The molecule has 0 radical (unpaired) electrons. The van der Waals surface area contributed by atoms with Gasteiger partial charge in [0.05, 0.1) is 0 Å². The molecular formula is C16H29O5PS2. The van der Waals surface area contributed by atoms with Crippen molar-refractivity contribution < 1.29 is 23.6 Å². The third-order valence-electron chi connectivity index (χ3n) is 3.33. The Morgan fingerprint density at radius 1 is 1.04 bits per heavy atom. The van der Waals surface area contributed by atoms with Crippen molar-refractivity contribution >= 4 is 42.0 Å². The summed E-state index contributed by atoms with van der Waals surface area (Å²) in [5.41, 5.74) is 0. The van der Waals surface area contributed by atoms with E-state index in [0.717, 1.165) is 38.5 Å². The molecule has 0 amide bonds. The van der Waals surface area contributed by atoms with E-state index in [9.17, 15) is 19.0 Å². The lowest BCUT2D eigenvalue weighted by Crippen LogP contribution is -2.14. The highest BCUT2D eigenvalue weighted by molar-refractivity contribution is 8.17. The third-order valence-corrected chi connectivity index (χ3v) is 6.24. The summed E-state index contributed by atoms with van der Waals surface area (Å²) in [5, 5.41) is 0.163. The van der Waals surface area contributed by atoms with Crippen LogP contribution >= 0.6 is 31.8 Å². The number of rotatable bonds is 15. The molecule has 0 fully saturated rings. The molecule has 0 heterocycles. The smallest absolute Gasteiger partial charge is 0.488 e. The molecule has 140 valence electrons. The summed E-state index contributed by atoms with van der Waals surface area (Å²) in [6.07, 6.45) is 7.52. The average Bonchev–Trinajstić information content (AvgIpc) is 2.52. The van der Waals surface area contributed by atoms with Crippen molar-refractivity contribution in [3.8, 4) is 0 Å². The fourth-order valence-corrected chi connectivity index (χ4v) is 4.38. The number of carbonyl (C=O) groups is 2. The molecule has 8 heteroatoms. The molecule has 0 bridgehead atoms. The van der Waals surface area contributed by atoms with Crippen molar-refractivity contribution in [3.63, 3.8) is 0 Å². The molecule has 0 aliphatic carbocycles. The Bertz CT molecular complexity index is 379. The Balaban J connectivity index is 4.22. The maximum Gasteiger partial charge on any atom is 0.488 e. The van der Waals surface area contributed by atoms with Gasteiger partial charge in [-0.05, 0) is 23.8 Å². The predicted octanol–water partition coefficient (Wildman–Crippen LogP) is 4.46. The van der Waals surface area contributed by atoms with Crippen LogP contribution in [-0.4, -0.2) is 27.8 Å². The van der Waals surface area contributed by atoms with Gasteiger partial charge in [0.1, 0.15) is 6.61 Å². The van der Waals surface area contributed by atoms with Crippen molar-refractivity contribution in [2.24, 2.45) is 0 Å². The maximum atomic E-state index is 12.0. The lowest BCUT2D eigenvalue weighted by Gasteiger charge is -2.13. The van der Waals surface area contributed by atoms with Gasteiger partial charge in [-0.15, -0.1) is 4.52 Å². The van der Waals surface area contributed by atoms with Crippen molar-refractivity contribution in [2.75, 3.05) is 12.4 Å². The fourth-order valence-electron chi connectivity index (χ4n) is 1.98. The van der Waals surface area contributed by atoms with E-state index in [2.05, 4.69) is 18.4 Å². The van der Waals surface area contributed by atoms with Gasteiger partial charge in [0.15, 0.2) is 10.2 Å². The third kappa shape index (κ3) is 15.6. The van der Waals surface area contributed by atoms with Gasteiger partial charge in [0.2, 0.25) is 0 Å². The summed E-state index contributed by atoms with van der Waals surface area (Å²) in [4.78, 5) is 34.3. The molecule has 0 N–H and O–H groups in total. The molecule has 1 unspecified atom stereocenters. The van der Waals surface area contributed by atoms with Crippen molar-refractivity contribution in [1.82, 2.24) is 0 Å². The highest BCUT2D eigenvalue weighted by Gasteiger charge is 2.18. The van der Waals surface area contributed by atoms with Crippen molar-refractivity contribution in [2.45, 2.75) is 76.9 Å². The van der Waals surface area contributed by atoms with Gasteiger partial charge in [-0.2, -0.15) is 0 Å². The van der Waals surface area contributed by atoms with Gasteiger partial charge in [0, 0.05) is 23.8 Å². The number of carbonyl (C=O) groups excluding carboxylic acids is 2. The van der Waals surface area contributed by atoms with E-state index in [1.807, 2.05) is 0 Å². The molecule has 2 atom stereocenters. The normalized spacial score (nSPS) is 12.9. The number of thioether (sulfide) groups is 2. The van der Waals surface area contributed by atoms with E-state index in [0.29, 0.717) is 25.0 Å². The number of hydrogen-bond donors (Lipinski definition) is 0. The molecule has 0 aromatic rings. The fraction of sp³-hybridized carbons (Fsp3) is 0.875. The predicted molar refractivity (Wildman–Crippen MR) is 100 cm³/mol. The minimum absolute atomic E-state index is 0.0587. The molecule has 0 saturated heterocycles. The Labute approximate surface area is 155 Å². The van der Waals surface area contributed by atoms with Gasteiger partial charge in [-0.25, -0.2) is 0 Å². The van der Waals surface area contributed by atoms with Gasteiger partial charge < -0.3 is 4.89 Å². The second-order valence-electron chi connectivity index (χ2n) is 5.55. The molecule has 0 aliphatic heterocycles. The Kier molecular flexibility index (Phi) is 16.6. The molecule has 0 aromatic carbocycles. The first-order valence-corrected chi connectivity index (χ1v) is 11.6. The van der Waals surface area contributed by atoms with Crippen LogP contribution in [0, 0.1) is 0 Å². The zero-order chi connectivity index (χ0) is 18.2. The quantitative estimate of drug-likeness (QED) is 0.298. The van der Waals surface area contributed by atoms with E-state index in [4.69, 9.17) is 0 Å². The second kappa shape index (κ2) is 16.5. The SMILES string of the molecule is CCCCCC(=O)SC[C@@H](CCO[P+](=O)[O-])SC(=O)CCCCC. The Hall–Kier alpha value is 0.0600. The summed E-state index contributed by atoms with van der Waals surface area (Å²) in [7, 11) is -2.86. The van der Waals surface area contributed by atoms with E-state index in [1.165, 1.54) is 23.5 Å². The maximum absolute atomic E-state index is 12.0. The lowest BCUT2D eigenvalue weighted by molar-refractivity contribution is -0.185. The number of hydrogen-bond acceptors (Lipinski definition) is 7. The molecular weight excluding hydrogens is 367 g/mol. The van der Waals surface area contributed by atoms with Crippen LogP contribution in [0.2, 0.25) is 0 Å². The second-order valence-corrected chi connectivity index (χ2v) is 8.70. The van der Waals surface area contributed by atoms with Crippen molar-refractivity contribution in [1.29, 1.82) is 0 Å². The van der Waals surface area contributed by atoms with Gasteiger partial charge in [-0.3, -0.25) is 9.59 Å². The molecule has 0 spiro atoms. The van der Waals surface area contributed by atoms with Crippen molar-refractivity contribution in [3.05, 3.63) is 0 Å². The summed E-state index contributed by atoms with van der Waals surface area (Å²) in [6.45, 7) is 4.24. The summed E-state index contributed by atoms with van der Waals surface area (Å²) < 4.78 is 15.0. The van der Waals surface area contributed by atoms with Crippen LogP contribution in [0.4, 0.5) is 0 Å². The highest BCUT2D eigenvalue weighted by Crippen LogP contribution is 2.25. The minimum Gasteiger partial charge on any atom is -0.566 e. The van der Waals surface area contributed by atoms with Crippen LogP contribution < -0.4 is 4.89 Å². The summed E-state index contributed by atoms with van der Waals surface area (Å²) in [6, 6.07) is 0. The average molecular weight is 397 g/mol. The summed E-state index contributed by atoms with van der Waals surface area (Å²) in [5.74, 6) is 0.522. The Morgan fingerprint density at radius 2 is 1.62 bits per heavy atom. The topological polar surface area (TPSA) is 83.5 Å². The molecule has 0 saturated carbocycles. The van der Waals surface area contributed by atoms with E-state index in [-0.39, 0.29) is 22.1 Å². The zero-order valence-corrected chi connectivity index (χ0v) is 17.2.